The van der Waals surface area contributed by atoms with Gasteiger partial charge in [-0.15, -0.1) is 0 Å². The van der Waals surface area contributed by atoms with E-state index in [9.17, 15) is 0 Å². The smallest absolute Gasteiger partial charge is 0.120 e. The fraction of sp³-hybridized carbons (Fsp3) is 0.357. The van der Waals surface area contributed by atoms with Crippen LogP contribution >= 0.6 is 0 Å². The van der Waals surface area contributed by atoms with Crippen molar-refractivity contribution in [3.8, 4) is 11.8 Å². The third-order valence-electron chi connectivity index (χ3n) is 2.72. The van der Waals surface area contributed by atoms with Crippen molar-refractivity contribution in [3.05, 3.63) is 29.5 Å². The third-order valence-corrected chi connectivity index (χ3v) is 2.72. The maximum absolute atomic E-state index is 8.84. The molecule has 0 saturated carbocycles. The van der Waals surface area contributed by atoms with Crippen molar-refractivity contribution in [2.45, 2.75) is 33.3 Å². The number of H-pyrrole nitrogens is 1. The molecule has 1 aromatic carbocycles. The van der Waals surface area contributed by atoms with Crippen molar-refractivity contribution < 1.29 is 4.74 Å². The topological polar surface area (TPSA) is 48.8 Å². The van der Waals surface area contributed by atoms with Gasteiger partial charge in [0.1, 0.15) is 5.75 Å². The molecular weight excluding hydrogens is 212 g/mol. The summed E-state index contributed by atoms with van der Waals surface area (Å²) in [7, 11) is 0. The van der Waals surface area contributed by atoms with Crippen LogP contribution < -0.4 is 4.74 Å². The molecule has 0 aliphatic carbocycles. The molecule has 2 rings (SSSR count). The minimum Gasteiger partial charge on any atom is -0.491 e. The van der Waals surface area contributed by atoms with Crippen LogP contribution in [0.25, 0.3) is 10.9 Å². The molecule has 0 spiro atoms. The van der Waals surface area contributed by atoms with Crippen molar-refractivity contribution >= 4 is 10.9 Å². The number of benzene rings is 1. The largest absolute Gasteiger partial charge is 0.491 e. The Kier molecular flexibility index (Phi) is 3.06. The van der Waals surface area contributed by atoms with E-state index in [-0.39, 0.29) is 6.10 Å². The summed E-state index contributed by atoms with van der Waals surface area (Å²) in [5.41, 5.74) is 3.18. The van der Waals surface area contributed by atoms with E-state index in [0.717, 1.165) is 27.9 Å². The van der Waals surface area contributed by atoms with Gasteiger partial charge in [-0.25, -0.2) is 0 Å². The van der Waals surface area contributed by atoms with Crippen molar-refractivity contribution in [2.24, 2.45) is 0 Å². The molecule has 88 valence electrons. The number of aryl methyl sites for hydroxylation is 1. The average molecular weight is 228 g/mol. The van der Waals surface area contributed by atoms with E-state index in [1.54, 1.807) is 0 Å². The maximum atomic E-state index is 8.84. The van der Waals surface area contributed by atoms with E-state index >= 15 is 0 Å². The van der Waals surface area contributed by atoms with Crippen molar-refractivity contribution in [1.82, 2.24) is 4.98 Å². The molecule has 0 atom stereocenters. The Morgan fingerprint density at radius 1 is 1.41 bits per heavy atom. The second kappa shape index (κ2) is 4.50. The lowest BCUT2D eigenvalue weighted by molar-refractivity contribution is 0.243. The van der Waals surface area contributed by atoms with Crippen LogP contribution in [0.5, 0.6) is 5.75 Å². The SMILES string of the molecule is Cc1[nH]c2ccc(OC(C)C)cc2c1CC#N. The normalized spacial score (nSPS) is 10.8. The molecule has 0 amide bonds. The van der Waals surface area contributed by atoms with Gasteiger partial charge in [0.05, 0.1) is 18.6 Å². The lowest BCUT2D eigenvalue weighted by Gasteiger charge is -2.09. The van der Waals surface area contributed by atoms with Crippen LogP contribution in [0.3, 0.4) is 0 Å². The van der Waals surface area contributed by atoms with Gasteiger partial charge in [-0.05, 0) is 44.5 Å². The molecule has 0 unspecified atom stereocenters. The van der Waals surface area contributed by atoms with Crippen molar-refractivity contribution in [1.29, 1.82) is 5.26 Å². The molecule has 17 heavy (non-hydrogen) atoms. The average Bonchev–Trinajstić information content (AvgIpc) is 2.55. The third kappa shape index (κ3) is 2.26. The molecule has 0 fully saturated rings. The highest BCUT2D eigenvalue weighted by Crippen LogP contribution is 2.27. The quantitative estimate of drug-likeness (QED) is 0.876. The lowest BCUT2D eigenvalue weighted by Crippen LogP contribution is -2.05. The van der Waals surface area contributed by atoms with Crippen molar-refractivity contribution in [2.75, 3.05) is 0 Å². The summed E-state index contributed by atoms with van der Waals surface area (Å²) in [6.07, 6.45) is 0.587. The summed E-state index contributed by atoms with van der Waals surface area (Å²) < 4.78 is 5.67. The van der Waals surface area contributed by atoms with E-state index in [0.29, 0.717) is 6.42 Å². The van der Waals surface area contributed by atoms with Crippen LogP contribution in [0.2, 0.25) is 0 Å². The number of ether oxygens (including phenoxy) is 1. The maximum Gasteiger partial charge on any atom is 0.120 e. The van der Waals surface area contributed by atoms with E-state index < -0.39 is 0 Å². The van der Waals surface area contributed by atoms with Crippen molar-refractivity contribution in [3.63, 3.8) is 0 Å². The monoisotopic (exact) mass is 228 g/mol. The molecule has 0 bridgehead atoms. The minimum atomic E-state index is 0.159. The summed E-state index contributed by atoms with van der Waals surface area (Å²) in [6, 6.07) is 8.16. The minimum absolute atomic E-state index is 0.159. The number of aromatic nitrogens is 1. The molecule has 0 saturated heterocycles. The molecule has 1 N–H and O–H groups in total. The molecule has 2 aromatic rings. The Bertz CT molecular complexity index is 576. The van der Waals surface area contributed by atoms with E-state index in [1.165, 1.54) is 0 Å². The van der Waals surface area contributed by atoms with Gasteiger partial charge in [0, 0.05) is 16.6 Å². The van der Waals surface area contributed by atoms with E-state index in [2.05, 4.69) is 11.1 Å². The Labute approximate surface area is 101 Å². The number of nitriles is 1. The second-order valence-corrected chi connectivity index (χ2v) is 4.44. The molecular formula is C14H16N2O. The van der Waals surface area contributed by atoms with Crippen LogP contribution in [0, 0.1) is 18.3 Å². The molecule has 1 heterocycles. The highest BCUT2D eigenvalue weighted by atomic mass is 16.5. The molecule has 1 aromatic heterocycles. The highest BCUT2D eigenvalue weighted by Gasteiger charge is 2.09. The number of hydrogen-bond donors (Lipinski definition) is 1. The number of rotatable bonds is 3. The first-order valence-corrected chi connectivity index (χ1v) is 5.76. The number of nitrogens with one attached hydrogen (secondary N) is 1. The zero-order chi connectivity index (χ0) is 12.4. The fourth-order valence-corrected chi connectivity index (χ4v) is 2.01. The second-order valence-electron chi connectivity index (χ2n) is 4.44. The Balaban J connectivity index is 2.51. The van der Waals surface area contributed by atoms with Crippen LogP contribution in [-0.4, -0.2) is 11.1 Å². The Morgan fingerprint density at radius 2 is 2.18 bits per heavy atom. The van der Waals surface area contributed by atoms with Crippen LogP contribution in [-0.2, 0) is 6.42 Å². The zero-order valence-corrected chi connectivity index (χ0v) is 10.4. The summed E-state index contributed by atoms with van der Waals surface area (Å²) in [4.78, 5) is 3.29. The molecule has 0 aliphatic rings. The number of hydrogen-bond acceptors (Lipinski definition) is 2. The van der Waals surface area contributed by atoms with Gasteiger partial charge in [0.15, 0.2) is 0 Å². The van der Waals surface area contributed by atoms with E-state index in [4.69, 9.17) is 10.00 Å². The molecule has 0 aliphatic heterocycles. The summed E-state index contributed by atoms with van der Waals surface area (Å²) in [5.74, 6) is 0.852. The Hall–Kier alpha value is -1.95. The van der Waals surface area contributed by atoms with E-state index in [1.807, 2.05) is 39.0 Å². The summed E-state index contributed by atoms with van der Waals surface area (Å²) in [5, 5.41) is 9.93. The van der Waals surface area contributed by atoms with Gasteiger partial charge in [0.2, 0.25) is 0 Å². The first kappa shape index (κ1) is 11.5. The lowest BCUT2D eigenvalue weighted by atomic mass is 10.1. The first-order chi connectivity index (χ1) is 8.11. The number of aromatic amines is 1. The summed E-state index contributed by atoms with van der Waals surface area (Å²) in [6.45, 7) is 6.00. The van der Waals surface area contributed by atoms with Crippen LogP contribution in [0.15, 0.2) is 18.2 Å². The standard InChI is InChI=1S/C14H16N2O/c1-9(2)17-11-4-5-14-13(8-11)12(6-7-15)10(3)16-14/h4-5,8-9,16H,6H2,1-3H3. The van der Waals surface area contributed by atoms with Gasteiger partial charge < -0.3 is 9.72 Å². The molecule has 3 nitrogen and oxygen atoms in total. The number of nitrogens with zero attached hydrogens (tertiary/aromatic N) is 1. The van der Waals surface area contributed by atoms with Gasteiger partial charge in [-0.2, -0.15) is 5.26 Å². The Morgan fingerprint density at radius 3 is 2.82 bits per heavy atom. The fourth-order valence-electron chi connectivity index (χ4n) is 2.01. The molecule has 3 heteroatoms. The zero-order valence-electron chi connectivity index (χ0n) is 10.4. The van der Waals surface area contributed by atoms with Gasteiger partial charge in [0.25, 0.3) is 0 Å². The van der Waals surface area contributed by atoms with Gasteiger partial charge in [-0.1, -0.05) is 0 Å². The highest BCUT2D eigenvalue weighted by molar-refractivity contribution is 5.86. The summed E-state index contributed by atoms with van der Waals surface area (Å²) >= 11 is 0. The first-order valence-electron chi connectivity index (χ1n) is 5.76. The van der Waals surface area contributed by atoms with Crippen LogP contribution in [0.1, 0.15) is 25.1 Å². The predicted molar refractivity (Wildman–Crippen MR) is 68.1 cm³/mol. The molecule has 0 radical (unpaired) electrons. The van der Waals surface area contributed by atoms with Crippen LogP contribution in [0.4, 0.5) is 0 Å². The predicted octanol–water partition coefficient (Wildman–Crippen LogP) is 3.33. The van der Waals surface area contributed by atoms with Gasteiger partial charge in [-0.3, -0.25) is 0 Å². The van der Waals surface area contributed by atoms with Gasteiger partial charge >= 0.3 is 0 Å². The number of fused-ring (bicyclic) bond motifs is 1.